The topological polar surface area (TPSA) is 110 Å². The van der Waals surface area contributed by atoms with Gasteiger partial charge in [0.2, 0.25) is 5.82 Å². The van der Waals surface area contributed by atoms with Crippen LogP contribution in [0.1, 0.15) is 11.1 Å². The lowest BCUT2D eigenvalue weighted by atomic mass is 10.1. The molecule has 5 rings (SSSR count). The van der Waals surface area contributed by atoms with Gasteiger partial charge in [0.05, 0.1) is 12.7 Å². The minimum absolute atomic E-state index is 0.0777. The Labute approximate surface area is 236 Å². The monoisotopic (exact) mass is 559 g/mol. The maximum absolute atomic E-state index is 15.1. The van der Waals surface area contributed by atoms with Crippen LogP contribution in [0.2, 0.25) is 0 Å². The highest BCUT2D eigenvalue weighted by Crippen LogP contribution is 2.26. The number of urea groups is 1. The van der Waals surface area contributed by atoms with Gasteiger partial charge in [-0.15, -0.1) is 0 Å². The first-order valence-electron chi connectivity index (χ1n) is 13.2. The van der Waals surface area contributed by atoms with Crippen LogP contribution in [0, 0.1) is 12.7 Å². The molecular formula is C30H30FN5O5. The molecule has 1 fully saturated rings. The van der Waals surface area contributed by atoms with Crippen LogP contribution in [0.3, 0.4) is 0 Å². The van der Waals surface area contributed by atoms with E-state index in [2.05, 4.69) is 20.4 Å². The Kier molecular flexibility index (Phi) is 8.42. The molecule has 2 amide bonds. The summed E-state index contributed by atoms with van der Waals surface area (Å²) >= 11 is 0. The number of carbonyl (C=O) groups is 2. The zero-order valence-corrected chi connectivity index (χ0v) is 22.7. The molecule has 41 heavy (non-hydrogen) atoms. The van der Waals surface area contributed by atoms with Crippen LogP contribution in [0.4, 0.5) is 14.9 Å². The van der Waals surface area contributed by atoms with Crippen LogP contribution in [0.25, 0.3) is 22.8 Å². The molecule has 0 spiro atoms. The second-order valence-electron chi connectivity index (χ2n) is 9.65. The summed E-state index contributed by atoms with van der Waals surface area (Å²) in [6, 6.07) is 19.5. The number of halogens is 1. The molecule has 1 aliphatic rings. The summed E-state index contributed by atoms with van der Waals surface area (Å²) in [6.45, 7) is 4.51. The van der Waals surface area contributed by atoms with Gasteiger partial charge in [0.1, 0.15) is 11.6 Å². The smallest absolute Gasteiger partial charge is 0.320 e. The SMILES string of the molecule is COc1ccc(N2CCN(C(=O)NC(Cc3ccc(-c4noc(-c5ccc(C)cc5)n4)c(F)c3)OC=O)CC2)cc1. The lowest BCUT2D eigenvalue weighted by Gasteiger charge is -2.36. The van der Waals surface area contributed by atoms with Gasteiger partial charge in [0.25, 0.3) is 12.4 Å². The number of aryl methyl sites for hydroxylation is 1. The first-order chi connectivity index (χ1) is 19.9. The van der Waals surface area contributed by atoms with E-state index < -0.39 is 12.0 Å². The van der Waals surface area contributed by atoms with Gasteiger partial charge in [-0.25, -0.2) is 9.18 Å². The number of benzene rings is 3. The Morgan fingerprint density at radius 1 is 1.07 bits per heavy atom. The third kappa shape index (κ3) is 6.63. The number of hydrogen-bond donors (Lipinski definition) is 1. The normalized spacial score (nSPS) is 13.9. The first kappa shape index (κ1) is 27.6. The number of aromatic nitrogens is 2. The van der Waals surface area contributed by atoms with E-state index in [1.54, 1.807) is 18.1 Å². The third-order valence-electron chi connectivity index (χ3n) is 6.93. The fraction of sp³-hybridized carbons (Fsp3) is 0.267. The summed E-state index contributed by atoms with van der Waals surface area (Å²) in [7, 11) is 1.62. The lowest BCUT2D eigenvalue weighted by Crippen LogP contribution is -2.54. The van der Waals surface area contributed by atoms with Gasteiger partial charge in [-0.1, -0.05) is 28.9 Å². The van der Waals surface area contributed by atoms with E-state index in [0.29, 0.717) is 31.7 Å². The quantitative estimate of drug-likeness (QED) is 0.237. The second kappa shape index (κ2) is 12.5. The molecular weight excluding hydrogens is 529 g/mol. The highest BCUT2D eigenvalue weighted by molar-refractivity contribution is 5.75. The molecule has 4 aromatic rings. The van der Waals surface area contributed by atoms with Gasteiger partial charge >= 0.3 is 6.03 Å². The van der Waals surface area contributed by atoms with Crippen LogP contribution < -0.4 is 15.0 Å². The number of rotatable bonds is 9. The standard InChI is InChI=1S/C30H30FN5O5/c1-20-3-6-22(7-4-20)29-33-28(34-41-29)25-12-5-21(17-26(25)31)18-27(40-19-37)32-30(38)36-15-13-35(14-16-36)23-8-10-24(39-2)11-9-23/h3-12,17,19,27H,13-16,18H2,1-2H3,(H,32,38). The molecule has 1 atom stereocenters. The molecule has 1 saturated heterocycles. The van der Waals surface area contributed by atoms with Crippen LogP contribution in [-0.4, -0.2) is 67.1 Å². The highest BCUT2D eigenvalue weighted by atomic mass is 19.1. The molecule has 0 saturated carbocycles. The number of ether oxygens (including phenoxy) is 2. The molecule has 11 heteroatoms. The van der Waals surface area contributed by atoms with Gasteiger partial charge in [-0.3, -0.25) is 4.79 Å². The number of carbonyl (C=O) groups excluding carboxylic acids is 2. The minimum atomic E-state index is -0.969. The Morgan fingerprint density at radius 3 is 2.46 bits per heavy atom. The Bertz CT molecular complexity index is 1480. The van der Waals surface area contributed by atoms with E-state index in [0.717, 1.165) is 22.6 Å². The average Bonchev–Trinajstić information content (AvgIpc) is 3.48. The van der Waals surface area contributed by atoms with Gasteiger partial charge < -0.3 is 29.1 Å². The summed E-state index contributed by atoms with van der Waals surface area (Å²) in [5, 5.41) is 6.65. The molecule has 0 radical (unpaired) electrons. The fourth-order valence-corrected chi connectivity index (χ4v) is 4.62. The van der Waals surface area contributed by atoms with Crippen molar-refractivity contribution in [1.82, 2.24) is 20.4 Å². The van der Waals surface area contributed by atoms with Crippen molar-refractivity contribution in [3.8, 4) is 28.6 Å². The van der Waals surface area contributed by atoms with E-state index >= 15 is 4.39 Å². The summed E-state index contributed by atoms with van der Waals surface area (Å²) in [6.07, 6.45) is -0.892. The van der Waals surface area contributed by atoms with Crippen molar-refractivity contribution in [2.24, 2.45) is 0 Å². The molecule has 1 aromatic heterocycles. The van der Waals surface area contributed by atoms with Crippen molar-refractivity contribution in [2.45, 2.75) is 19.6 Å². The van der Waals surface area contributed by atoms with E-state index in [-0.39, 0.29) is 36.2 Å². The molecule has 0 bridgehead atoms. The number of amides is 2. The van der Waals surface area contributed by atoms with Crippen molar-refractivity contribution < 1.29 is 28.0 Å². The second-order valence-corrected chi connectivity index (χ2v) is 9.65. The van der Waals surface area contributed by atoms with Crippen molar-refractivity contribution in [3.63, 3.8) is 0 Å². The zero-order chi connectivity index (χ0) is 28.8. The van der Waals surface area contributed by atoms with Crippen molar-refractivity contribution >= 4 is 18.2 Å². The largest absolute Gasteiger partial charge is 0.497 e. The van der Waals surface area contributed by atoms with E-state index in [1.807, 2.05) is 55.5 Å². The maximum atomic E-state index is 15.1. The summed E-state index contributed by atoms with van der Waals surface area (Å²) < 4.78 is 30.7. The maximum Gasteiger partial charge on any atom is 0.320 e. The molecule has 1 N–H and O–H groups in total. The van der Waals surface area contributed by atoms with Crippen molar-refractivity contribution in [2.75, 3.05) is 38.2 Å². The summed E-state index contributed by atoms with van der Waals surface area (Å²) in [5.41, 5.74) is 3.56. The van der Waals surface area contributed by atoms with Crippen LogP contribution >= 0.6 is 0 Å². The number of piperazine rings is 1. The van der Waals surface area contributed by atoms with Gasteiger partial charge in [0, 0.05) is 43.9 Å². The molecule has 2 heterocycles. The molecule has 1 unspecified atom stereocenters. The first-order valence-corrected chi connectivity index (χ1v) is 13.2. The number of hydrogen-bond acceptors (Lipinski definition) is 8. The van der Waals surface area contributed by atoms with Crippen molar-refractivity contribution in [3.05, 3.63) is 83.7 Å². The average molecular weight is 560 g/mol. The molecule has 3 aromatic carbocycles. The molecule has 1 aliphatic heterocycles. The molecule has 0 aliphatic carbocycles. The Hall–Kier alpha value is -4.93. The van der Waals surface area contributed by atoms with Crippen LogP contribution in [0.15, 0.2) is 71.3 Å². The number of anilines is 1. The Morgan fingerprint density at radius 2 is 1.80 bits per heavy atom. The third-order valence-corrected chi connectivity index (χ3v) is 6.93. The lowest BCUT2D eigenvalue weighted by molar-refractivity contribution is -0.134. The minimum Gasteiger partial charge on any atom is -0.497 e. The number of methoxy groups -OCH3 is 1. The van der Waals surface area contributed by atoms with Crippen LogP contribution in [0.5, 0.6) is 5.75 Å². The number of nitrogens with zero attached hydrogens (tertiary/aromatic N) is 4. The number of nitrogens with one attached hydrogen (secondary N) is 1. The highest BCUT2D eigenvalue weighted by Gasteiger charge is 2.24. The summed E-state index contributed by atoms with van der Waals surface area (Å²) in [4.78, 5) is 32.2. The molecule has 10 nitrogen and oxygen atoms in total. The predicted molar refractivity (Wildman–Crippen MR) is 150 cm³/mol. The van der Waals surface area contributed by atoms with Crippen LogP contribution in [-0.2, 0) is 16.0 Å². The van der Waals surface area contributed by atoms with E-state index in [1.165, 1.54) is 12.1 Å². The van der Waals surface area contributed by atoms with Gasteiger partial charge in [-0.05, 0) is 61.0 Å². The predicted octanol–water partition coefficient (Wildman–Crippen LogP) is 4.43. The fourth-order valence-electron chi connectivity index (χ4n) is 4.62. The van der Waals surface area contributed by atoms with Gasteiger partial charge in [-0.2, -0.15) is 4.98 Å². The zero-order valence-electron chi connectivity index (χ0n) is 22.7. The van der Waals surface area contributed by atoms with Gasteiger partial charge in [0.15, 0.2) is 6.23 Å². The van der Waals surface area contributed by atoms with E-state index in [4.69, 9.17) is 14.0 Å². The summed E-state index contributed by atoms with van der Waals surface area (Å²) in [5.74, 6) is 0.622. The van der Waals surface area contributed by atoms with Crippen molar-refractivity contribution in [1.29, 1.82) is 0 Å². The molecule has 212 valence electrons. The Balaban J connectivity index is 1.19. The van der Waals surface area contributed by atoms with E-state index in [9.17, 15) is 9.59 Å².